The highest BCUT2D eigenvalue weighted by atomic mass is 16.6. The maximum absolute atomic E-state index is 13.0. The van der Waals surface area contributed by atoms with E-state index in [9.17, 15) is 34.6 Å². The highest BCUT2D eigenvalue weighted by Gasteiger charge is 2.59. The van der Waals surface area contributed by atoms with Crippen molar-refractivity contribution in [2.75, 3.05) is 10.2 Å². The van der Waals surface area contributed by atoms with Gasteiger partial charge in [0.25, 0.3) is 11.4 Å². The molecule has 1 saturated carbocycles. The Hall–Kier alpha value is -4.67. The quantitative estimate of drug-likeness (QED) is 0.221. The molecule has 0 radical (unpaired) electrons. The summed E-state index contributed by atoms with van der Waals surface area (Å²) in [7, 11) is 0. The van der Waals surface area contributed by atoms with E-state index in [-0.39, 0.29) is 41.2 Å². The number of carbonyl (C=O) groups is 3. The number of non-ortho nitro benzene ring substituents is 1. The molecule has 1 aliphatic heterocycles. The average molecular weight is 474 g/mol. The molecule has 2 bridgehead atoms. The van der Waals surface area contributed by atoms with E-state index in [0.717, 1.165) is 30.7 Å². The molecule has 0 aromatic heterocycles. The van der Waals surface area contributed by atoms with Crippen molar-refractivity contribution in [2.24, 2.45) is 23.7 Å². The molecule has 1 heterocycles. The molecule has 2 aromatic rings. The number of rotatable bonds is 6. The van der Waals surface area contributed by atoms with Gasteiger partial charge in [-0.1, -0.05) is 24.3 Å². The van der Waals surface area contributed by atoms with E-state index in [1.54, 1.807) is 24.3 Å². The van der Waals surface area contributed by atoms with Crippen molar-refractivity contribution in [3.8, 4) is 0 Å². The predicted molar refractivity (Wildman–Crippen MR) is 124 cm³/mol. The van der Waals surface area contributed by atoms with Crippen LogP contribution in [0.2, 0.25) is 0 Å². The third kappa shape index (κ3) is 3.76. The molecule has 5 rings (SSSR count). The van der Waals surface area contributed by atoms with Gasteiger partial charge in [0, 0.05) is 12.1 Å². The first-order chi connectivity index (χ1) is 16.7. The van der Waals surface area contributed by atoms with Crippen molar-refractivity contribution in [3.63, 3.8) is 0 Å². The molecule has 1 N–H and O–H groups in total. The van der Waals surface area contributed by atoms with Crippen molar-refractivity contribution in [1.29, 1.82) is 0 Å². The molecule has 0 unspecified atom stereocenters. The summed E-state index contributed by atoms with van der Waals surface area (Å²) in [5.74, 6) is -1.55. The van der Waals surface area contributed by atoms with Gasteiger partial charge in [-0.3, -0.25) is 34.6 Å². The first-order valence-corrected chi connectivity index (χ1v) is 10.8. The molecule has 35 heavy (non-hydrogen) atoms. The summed E-state index contributed by atoms with van der Waals surface area (Å²) in [6.07, 6.45) is 7.45. The second-order valence-corrected chi connectivity index (χ2v) is 8.65. The number of allylic oxidation sites excluding steroid dienone is 2. The van der Waals surface area contributed by atoms with Gasteiger partial charge in [0.2, 0.25) is 17.7 Å². The minimum Gasteiger partial charge on any atom is -0.317 e. The van der Waals surface area contributed by atoms with Gasteiger partial charge in [-0.2, -0.15) is 0 Å². The fraction of sp³-hybridized carbons (Fsp3) is 0.208. The Bertz CT molecular complexity index is 1340. The van der Waals surface area contributed by atoms with Crippen molar-refractivity contribution in [2.45, 2.75) is 6.42 Å². The zero-order chi connectivity index (χ0) is 24.9. The summed E-state index contributed by atoms with van der Waals surface area (Å²) >= 11 is 0. The van der Waals surface area contributed by atoms with Crippen LogP contribution in [0.1, 0.15) is 12.0 Å². The summed E-state index contributed by atoms with van der Waals surface area (Å²) in [5, 5.41) is 24.4. The summed E-state index contributed by atoms with van der Waals surface area (Å²) in [5.41, 5.74) is -0.312. The van der Waals surface area contributed by atoms with Gasteiger partial charge >= 0.3 is 0 Å². The van der Waals surface area contributed by atoms with Crippen LogP contribution in [0.15, 0.2) is 60.7 Å². The van der Waals surface area contributed by atoms with E-state index >= 15 is 0 Å². The number of fused-ring (bicyclic) bond motifs is 5. The molecule has 176 valence electrons. The number of benzene rings is 2. The summed E-state index contributed by atoms with van der Waals surface area (Å²) in [4.78, 5) is 60.1. The molecule has 0 spiro atoms. The molecule has 11 heteroatoms. The van der Waals surface area contributed by atoms with Crippen molar-refractivity contribution >= 4 is 46.5 Å². The number of nitro groups is 2. The van der Waals surface area contributed by atoms with Crippen LogP contribution in [0, 0.1) is 43.9 Å². The SMILES string of the molecule is O=C(/C=C\c1cccc(N2C(=O)[C@@H]3[C@@H](C2=O)[C@H]2C=C[C@@H]3C2)c1)Nc1ccc([N+](=O)[O-])cc1[N+](=O)[O-]. The smallest absolute Gasteiger partial charge is 0.299 e. The monoisotopic (exact) mass is 474 g/mol. The minimum atomic E-state index is -0.822. The lowest BCUT2D eigenvalue weighted by atomic mass is 9.85. The number of imide groups is 1. The van der Waals surface area contributed by atoms with Crippen LogP contribution >= 0.6 is 0 Å². The Morgan fingerprint density at radius 3 is 2.29 bits per heavy atom. The van der Waals surface area contributed by atoms with E-state index in [1.165, 1.54) is 11.0 Å². The van der Waals surface area contributed by atoms with Crippen LogP contribution in [0.3, 0.4) is 0 Å². The molecule has 2 aliphatic carbocycles. The Balaban J connectivity index is 1.32. The molecule has 3 amide bonds. The molecule has 2 fully saturated rings. The zero-order valence-electron chi connectivity index (χ0n) is 18.1. The average Bonchev–Trinajstić information content (AvgIpc) is 3.51. The van der Waals surface area contributed by atoms with Crippen LogP contribution < -0.4 is 10.2 Å². The van der Waals surface area contributed by atoms with Gasteiger partial charge in [0.15, 0.2) is 0 Å². The normalized spacial score (nSPS) is 24.3. The molecular formula is C24H18N4O7. The number of hydrogen-bond donors (Lipinski definition) is 1. The number of nitrogens with one attached hydrogen (secondary N) is 1. The standard InChI is InChI=1S/C24H18N4O7/c29-20(25-18-8-7-17(27(32)33)12-19(18)28(34)35)9-4-13-2-1-3-16(10-13)26-23(30)21-14-5-6-15(11-14)22(21)24(26)31/h1-10,12,14-15,21-22H,11H2,(H,25,29)/b9-4-/t14-,15+,21-,22-/m0/s1. The Kier molecular flexibility index (Phi) is 5.24. The first kappa shape index (κ1) is 22.1. The number of nitro benzene ring substituents is 2. The van der Waals surface area contributed by atoms with E-state index in [0.29, 0.717) is 11.3 Å². The molecule has 1 saturated heterocycles. The largest absolute Gasteiger partial charge is 0.317 e. The van der Waals surface area contributed by atoms with Crippen LogP contribution in [0.4, 0.5) is 22.7 Å². The fourth-order valence-electron chi connectivity index (χ4n) is 5.16. The predicted octanol–water partition coefficient (Wildman–Crippen LogP) is 3.47. The first-order valence-electron chi connectivity index (χ1n) is 10.8. The number of hydrogen-bond acceptors (Lipinski definition) is 7. The van der Waals surface area contributed by atoms with Crippen LogP contribution in [-0.4, -0.2) is 27.6 Å². The Morgan fingerprint density at radius 2 is 1.66 bits per heavy atom. The van der Waals surface area contributed by atoms with Crippen LogP contribution in [0.5, 0.6) is 0 Å². The molecule has 3 aliphatic rings. The summed E-state index contributed by atoms with van der Waals surface area (Å²) in [6, 6.07) is 9.52. The van der Waals surface area contributed by atoms with Crippen molar-refractivity contribution in [1.82, 2.24) is 0 Å². The minimum absolute atomic E-state index is 0.0988. The zero-order valence-corrected chi connectivity index (χ0v) is 18.1. The van der Waals surface area contributed by atoms with Crippen molar-refractivity contribution < 1.29 is 24.2 Å². The van der Waals surface area contributed by atoms with E-state index < -0.39 is 27.1 Å². The number of anilines is 2. The van der Waals surface area contributed by atoms with Gasteiger partial charge in [-0.05, 0) is 48.1 Å². The maximum Gasteiger partial charge on any atom is 0.299 e. The van der Waals surface area contributed by atoms with Crippen molar-refractivity contribution in [3.05, 3.63) is 86.5 Å². The lowest BCUT2D eigenvalue weighted by molar-refractivity contribution is -0.393. The lowest BCUT2D eigenvalue weighted by Crippen LogP contribution is -2.32. The summed E-state index contributed by atoms with van der Waals surface area (Å²) in [6.45, 7) is 0. The van der Waals surface area contributed by atoms with Gasteiger partial charge in [-0.25, -0.2) is 4.90 Å². The van der Waals surface area contributed by atoms with Gasteiger partial charge < -0.3 is 5.32 Å². The highest BCUT2D eigenvalue weighted by Crippen LogP contribution is 2.53. The maximum atomic E-state index is 13.0. The molecule has 4 atom stereocenters. The lowest BCUT2D eigenvalue weighted by Gasteiger charge is -2.17. The van der Waals surface area contributed by atoms with Gasteiger partial charge in [0.05, 0.1) is 33.4 Å². The van der Waals surface area contributed by atoms with E-state index in [4.69, 9.17) is 0 Å². The molecule has 11 nitrogen and oxygen atoms in total. The summed E-state index contributed by atoms with van der Waals surface area (Å²) < 4.78 is 0. The number of amides is 3. The second-order valence-electron chi connectivity index (χ2n) is 8.65. The number of carbonyl (C=O) groups excluding carboxylic acids is 3. The number of nitrogens with zero attached hydrogens (tertiary/aromatic N) is 3. The highest BCUT2D eigenvalue weighted by molar-refractivity contribution is 6.23. The Morgan fingerprint density at radius 1 is 0.971 bits per heavy atom. The third-order valence-electron chi connectivity index (χ3n) is 6.67. The van der Waals surface area contributed by atoms with Crippen LogP contribution in [0.25, 0.3) is 6.08 Å². The van der Waals surface area contributed by atoms with Crippen LogP contribution in [-0.2, 0) is 14.4 Å². The molecular weight excluding hydrogens is 456 g/mol. The Labute approximate surface area is 198 Å². The second kappa shape index (κ2) is 8.28. The molecule has 2 aromatic carbocycles. The van der Waals surface area contributed by atoms with Gasteiger partial charge in [-0.15, -0.1) is 0 Å². The third-order valence-corrected chi connectivity index (χ3v) is 6.67. The topological polar surface area (TPSA) is 153 Å². The van der Waals surface area contributed by atoms with E-state index in [1.807, 2.05) is 12.2 Å². The van der Waals surface area contributed by atoms with E-state index in [2.05, 4.69) is 5.32 Å². The fourth-order valence-corrected chi connectivity index (χ4v) is 5.16. The van der Waals surface area contributed by atoms with Gasteiger partial charge in [0.1, 0.15) is 5.69 Å².